The van der Waals surface area contributed by atoms with Crippen LogP contribution in [0, 0.1) is 12.7 Å². The molecule has 1 amide bonds. The predicted molar refractivity (Wildman–Crippen MR) is 146 cm³/mol. The van der Waals surface area contributed by atoms with Gasteiger partial charge in [0.1, 0.15) is 23.8 Å². The maximum Gasteiger partial charge on any atom is 0.435 e. The average molecular weight is 631 g/mol. The maximum absolute atomic E-state index is 14.6. The van der Waals surface area contributed by atoms with Crippen LogP contribution in [0.25, 0.3) is 0 Å². The van der Waals surface area contributed by atoms with E-state index in [1.807, 2.05) is 5.38 Å². The van der Waals surface area contributed by atoms with E-state index in [2.05, 4.69) is 15.7 Å². The van der Waals surface area contributed by atoms with Crippen molar-refractivity contribution in [3.8, 4) is 5.75 Å². The molecular formula is C26H30F4N6O4S2. The number of alkyl halides is 3. The van der Waals surface area contributed by atoms with Crippen molar-refractivity contribution in [1.82, 2.24) is 30.3 Å². The number of thiazole rings is 1. The number of aromatic nitrogens is 3. The van der Waals surface area contributed by atoms with Gasteiger partial charge in [-0.2, -0.15) is 26.7 Å². The topological polar surface area (TPSA) is 118 Å². The highest BCUT2D eigenvalue weighted by Gasteiger charge is 2.36. The maximum atomic E-state index is 14.6. The summed E-state index contributed by atoms with van der Waals surface area (Å²) in [5, 5.41) is 12.9. The number of piperidine rings is 1. The number of carbonyl (C=O) groups excluding carboxylic acids is 1. The number of nitrogens with zero attached hydrogens (tertiary/aromatic N) is 4. The van der Waals surface area contributed by atoms with Gasteiger partial charge >= 0.3 is 16.3 Å². The minimum Gasteiger partial charge on any atom is -0.382 e. The molecule has 2 N–H and O–H groups in total. The molecule has 0 saturated carbocycles. The fourth-order valence-corrected chi connectivity index (χ4v) is 6.81. The van der Waals surface area contributed by atoms with Gasteiger partial charge in [-0.15, -0.1) is 11.3 Å². The highest BCUT2D eigenvalue weighted by atomic mass is 32.2. The minimum atomic E-state index is -4.58. The first-order valence-corrected chi connectivity index (χ1v) is 15.9. The fourth-order valence-electron chi connectivity index (χ4n) is 5.31. The molecule has 1 fully saturated rings. The van der Waals surface area contributed by atoms with Crippen LogP contribution in [-0.4, -0.2) is 53.3 Å². The zero-order chi connectivity index (χ0) is 30.4. The molecule has 1 saturated heterocycles. The first kappa shape index (κ1) is 30.4. The van der Waals surface area contributed by atoms with Crippen LogP contribution >= 0.6 is 11.3 Å². The molecule has 5 rings (SSSR count). The highest BCUT2D eigenvalue weighted by molar-refractivity contribution is 7.86. The predicted octanol–water partition coefficient (Wildman–Crippen LogP) is 4.00. The Kier molecular flexibility index (Phi) is 8.35. The van der Waals surface area contributed by atoms with Gasteiger partial charge in [-0.1, -0.05) is 0 Å². The third-order valence-electron chi connectivity index (χ3n) is 7.47. The van der Waals surface area contributed by atoms with Gasteiger partial charge in [0.25, 0.3) is 0 Å². The van der Waals surface area contributed by atoms with Gasteiger partial charge in [0, 0.05) is 54.3 Å². The van der Waals surface area contributed by atoms with Crippen molar-refractivity contribution in [2.24, 2.45) is 0 Å². The van der Waals surface area contributed by atoms with Gasteiger partial charge in [-0.25, -0.2) is 9.37 Å². The van der Waals surface area contributed by atoms with E-state index >= 15 is 0 Å². The second kappa shape index (κ2) is 11.5. The van der Waals surface area contributed by atoms with Gasteiger partial charge in [-0.05, 0) is 44.9 Å². The van der Waals surface area contributed by atoms with E-state index in [1.165, 1.54) is 30.4 Å². The lowest BCUT2D eigenvalue weighted by Gasteiger charge is -2.33. The molecule has 16 heteroatoms. The second-order valence-corrected chi connectivity index (χ2v) is 12.9. The normalized spacial score (nSPS) is 19.3. The lowest BCUT2D eigenvalue weighted by molar-refractivity contribution is -0.142. The van der Waals surface area contributed by atoms with E-state index < -0.39 is 40.0 Å². The summed E-state index contributed by atoms with van der Waals surface area (Å²) in [7, 11) is -3.80. The lowest BCUT2D eigenvalue weighted by Crippen LogP contribution is -2.41. The number of benzene rings is 1. The minimum absolute atomic E-state index is 0.0713. The van der Waals surface area contributed by atoms with Gasteiger partial charge in [0.2, 0.25) is 5.91 Å². The fraction of sp³-hybridized carbons (Fsp3) is 0.500. The molecule has 3 aromatic rings. The zero-order valence-electron chi connectivity index (χ0n) is 23.0. The summed E-state index contributed by atoms with van der Waals surface area (Å²) in [4.78, 5) is 19.6. The summed E-state index contributed by atoms with van der Waals surface area (Å²) >= 11 is 1.48. The van der Waals surface area contributed by atoms with E-state index in [1.54, 1.807) is 11.8 Å². The number of likely N-dealkylation sites (tertiary alicyclic amines) is 1. The number of hydrogen-bond donors (Lipinski definition) is 2. The van der Waals surface area contributed by atoms with Crippen molar-refractivity contribution in [3.05, 3.63) is 62.6 Å². The number of carbonyl (C=O) groups is 1. The SMILES string of the molecule is Cc1cc(C(F)(F)F)nn1C(C)C(=O)N1CCC(c2nc(C3NCc4c(F)ccc(OS(C)(=O)=O)c4CN3)cs2)CC1. The van der Waals surface area contributed by atoms with Crippen LogP contribution in [-0.2, 0) is 34.2 Å². The number of halogens is 4. The molecule has 2 atom stereocenters. The second-order valence-electron chi connectivity index (χ2n) is 10.5. The molecule has 2 aromatic heterocycles. The number of nitrogens with one attached hydrogen (secondary N) is 2. The molecule has 0 aliphatic carbocycles. The van der Waals surface area contributed by atoms with E-state index in [0.717, 1.165) is 22.0 Å². The number of fused-ring (bicyclic) bond motifs is 1. The average Bonchev–Trinajstić information content (AvgIpc) is 3.50. The van der Waals surface area contributed by atoms with E-state index in [4.69, 9.17) is 9.17 Å². The van der Waals surface area contributed by atoms with Gasteiger partial charge in [-0.3, -0.25) is 20.1 Å². The number of aryl methyl sites for hydroxylation is 1. The summed E-state index contributed by atoms with van der Waals surface area (Å²) in [6, 6.07) is 2.54. The number of hydrogen-bond acceptors (Lipinski definition) is 9. The molecule has 0 spiro atoms. The Morgan fingerprint density at radius 1 is 1.17 bits per heavy atom. The van der Waals surface area contributed by atoms with Gasteiger partial charge < -0.3 is 9.08 Å². The number of amides is 1. The Balaban J connectivity index is 1.21. The Morgan fingerprint density at radius 2 is 1.83 bits per heavy atom. The third kappa shape index (κ3) is 6.45. The molecule has 0 bridgehead atoms. The first-order chi connectivity index (χ1) is 19.7. The van der Waals surface area contributed by atoms with Crippen LogP contribution in [0.15, 0.2) is 23.6 Å². The van der Waals surface area contributed by atoms with Crippen LogP contribution in [0.5, 0.6) is 5.75 Å². The van der Waals surface area contributed by atoms with E-state index in [9.17, 15) is 30.8 Å². The Labute approximate surface area is 244 Å². The molecule has 4 heterocycles. The third-order valence-corrected chi connectivity index (χ3v) is 8.97. The first-order valence-electron chi connectivity index (χ1n) is 13.2. The molecule has 2 unspecified atom stereocenters. The van der Waals surface area contributed by atoms with Crippen LogP contribution < -0.4 is 14.8 Å². The Morgan fingerprint density at radius 3 is 2.45 bits per heavy atom. The Bertz CT molecular complexity index is 1580. The highest BCUT2D eigenvalue weighted by Crippen LogP contribution is 2.34. The molecule has 2 aliphatic heterocycles. The summed E-state index contributed by atoms with van der Waals surface area (Å²) < 4.78 is 83.3. The molecule has 42 heavy (non-hydrogen) atoms. The molecule has 10 nitrogen and oxygen atoms in total. The summed E-state index contributed by atoms with van der Waals surface area (Å²) in [6.45, 7) is 4.20. The van der Waals surface area contributed by atoms with Crippen LogP contribution in [0.2, 0.25) is 0 Å². The zero-order valence-corrected chi connectivity index (χ0v) is 24.7. The summed E-state index contributed by atoms with van der Waals surface area (Å²) in [5.74, 6) is -0.589. The lowest BCUT2D eigenvalue weighted by atomic mass is 9.97. The molecule has 0 radical (unpaired) electrons. The van der Waals surface area contributed by atoms with Crippen LogP contribution in [0.4, 0.5) is 17.6 Å². The van der Waals surface area contributed by atoms with Crippen LogP contribution in [0.3, 0.4) is 0 Å². The quantitative estimate of drug-likeness (QED) is 0.310. The van der Waals surface area contributed by atoms with Crippen molar-refractivity contribution >= 4 is 27.4 Å². The van der Waals surface area contributed by atoms with E-state index in [0.29, 0.717) is 42.8 Å². The van der Waals surface area contributed by atoms with Crippen molar-refractivity contribution in [1.29, 1.82) is 0 Å². The van der Waals surface area contributed by atoms with Crippen molar-refractivity contribution in [2.75, 3.05) is 19.3 Å². The largest absolute Gasteiger partial charge is 0.435 e. The van der Waals surface area contributed by atoms with Gasteiger partial charge in [0.15, 0.2) is 5.69 Å². The molecule has 2 aliphatic rings. The molecule has 228 valence electrons. The standard InChI is InChI=1S/C26H30F4N6O4S2/c1-14-10-22(26(28,29)30)34-36(14)15(2)25(37)35-8-6-16(7-9-35)24-33-20(13-41-24)23-31-11-17-18(12-32-23)21(5-4-19(17)27)40-42(3,38)39/h4-5,10,13,15-16,23,31-32H,6-9,11-12H2,1-3H3. The monoisotopic (exact) mass is 630 g/mol. The molecular weight excluding hydrogens is 600 g/mol. The van der Waals surface area contributed by atoms with E-state index in [-0.39, 0.29) is 36.4 Å². The molecule has 1 aromatic carbocycles. The summed E-state index contributed by atoms with van der Waals surface area (Å²) in [5.41, 5.74) is 0.673. The summed E-state index contributed by atoms with van der Waals surface area (Å²) in [6.07, 6.45) is -2.79. The van der Waals surface area contributed by atoms with Crippen molar-refractivity contribution < 1.29 is 35.0 Å². The van der Waals surface area contributed by atoms with Crippen molar-refractivity contribution in [3.63, 3.8) is 0 Å². The van der Waals surface area contributed by atoms with Gasteiger partial charge in [0.05, 0.1) is 17.0 Å². The Hall–Kier alpha value is -3.08. The van der Waals surface area contributed by atoms with Crippen molar-refractivity contribution in [2.45, 2.75) is 64.1 Å². The smallest absolute Gasteiger partial charge is 0.382 e. The van der Waals surface area contributed by atoms with Crippen LogP contribution in [0.1, 0.15) is 71.1 Å². The number of rotatable bonds is 6.